The Balaban J connectivity index is 0.515. The van der Waals surface area contributed by atoms with E-state index in [1.807, 2.05) is 173 Å². The van der Waals surface area contributed by atoms with Gasteiger partial charge in [-0.2, -0.15) is 0 Å². The Labute approximate surface area is 668 Å². The minimum Gasteiger partial charge on any atom is -0.493 e. The third kappa shape index (κ3) is 17.4. The second kappa shape index (κ2) is 34.1. The molecule has 20 nitrogen and oxygen atoms in total. The zero-order valence-corrected chi connectivity index (χ0v) is 65.3. The van der Waals surface area contributed by atoms with Gasteiger partial charge in [-0.3, -0.25) is 0 Å². The predicted octanol–water partition coefficient (Wildman–Crippen LogP) is 12.5. The third-order valence-electron chi connectivity index (χ3n) is 23.3. The van der Waals surface area contributed by atoms with Crippen molar-refractivity contribution in [3.8, 4) is 23.0 Å². The van der Waals surface area contributed by atoms with Crippen molar-refractivity contribution in [1.82, 2.24) is 0 Å². The van der Waals surface area contributed by atoms with Crippen LogP contribution in [0, 0.1) is 12.7 Å². The van der Waals surface area contributed by atoms with Gasteiger partial charge in [0.25, 0.3) is 0 Å². The molecule has 15 rings (SSSR count). The van der Waals surface area contributed by atoms with Crippen LogP contribution in [0.25, 0.3) is 0 Å². The molecule has 9 N–H and O–H groups in total. The van der Waals surface area contributed by atoms with Crippen LogP contribution in [-0.2, 0) is 69.2 Å². The van der Waals surface area contributed by atoms with Crippen LogP contribution in [0.2, 0.25) is 5.02 Å². The van der Waals surface area contributed by atoms with Crippen molar-refractivity contribution in [3.05, 3.63) is 294 Å². The summed E-state index contributed by atoms with van der Waals surface area (Å²) in [4.78, 5) is 0. The number of hydrogen-bond donors (Lipinski definition) is 9. The van der Waals surface area contributed by atoms with Gasteiger partial charge in [0.2, 0.25) is 0 Å². The Morgan fingerprint density at radius 3 is 1.54 bits per heavy atom. The normalized spacial score (nSPS) is 28.7. The largest absolute Gasteiger partial charge is 0.493 e. The highest BCUT2D eigenvalue weighted by atomic mass is 35.5. The molecule has 0 saturated carbocycles. The van der Waals surface area contributed by atoms with Crippen LogP contribution in [-0.4, -0.2) is 159 Å². The van der Waals surface area contributed by atoms with Crippen LogP contribution in [0.1, 0.15) is 173 Å². The van der Waals surface area contributed by atoms with Gasteiger partial charge >= 0.3 is 0 Å². The molecular weight excluding hydrogens is 1480 g/mol. The molecule has 18 atom stereocenters. The van der Waals surface area contributed by atoms with Gasteiger partial charge in [0.05, 0.1) is 55.9 Å². The Kier molecular flexibility index (Phi) is 24.2. The van der Waals surface area contributed by atoms with E-state index in [0.29, 0.717) is 82.8 Å². The van der Waals surface area contributed by atoms with Gasteiger partial charge in [-0.1, -0.05) is 139 Å². The molecule has 6 heterocycles. The van der Waals surface area contributed by atoms with Crippen molar-refractivity contribution in [2.24, 2.45) is 0 Å². The molecule has 114 heavy (non-hydrogen) atoms. The molecule has 0 spiro atoms. The lowest BCUT2D eigenvalue weighted by Crippen LogP contribution is -2.55. The Morgan fingerprint density at radius 1 is 0.430 bits per heavy atom. The summed E-state index contributed by atoms with van der Waals surface area (Å²) in [7, 11) is 0. The minimum atomic E-state index is -1.53. The fourth-order valence-corrected chi connectivity index (χ4v) is 17.1. The molecule has 6 aliphatic rings. The summed E-state index contributed by atoms with van der Waals surface area (Å²) in [5.74, 6) is 2.12. The number of halogens is 2. The van der Waals surface area contributed by atoms with Gasteiger partial charge < -0.3 is 98.1 Å². The number of ether oxygens (including phenoxy) is 11. The SMILES string of the molecule is Cc1ccc([C@@H]2O[C@H](COCC3(C)OC(CCOc4ccc(Cc5cc([C@@H]6O[C@H](CO)C(O)[C@H](O)[C@H]6O)ccc5Cl)cc4)c4ccccc43)[C@@H](O)[C@H](O)[C@H]2O)cc1Cc1ccc(OCC2OC(C)(C)c3ccc(OC[C@@H]4C[C@H](O)[C@@H](O)[C@H](c5ccc(F)c(Cc6ccc(OCC7OC(C)(C)c8ccccc87)cc6)c5)O4)cc32)cc1. The van der Waals surface area contributed by atoms with E-state index in [9.17, 15) is 46.0 Å². The van der Waals surface area contributed by atoms with Gasteiger partial charge in [0, 0.05) is 24.3 Å². The number of benzene rings is 9. The monoisotopic (exact) mass is 1580 g/mol. The van der Waals surface area contributed by atoms with E-state index in [4.69, 9.17) is 63.7 Å². The summed E-state index contributed by atoms with van der Waals surface area (Å²) < 4.78 is 85.5. The smallest absolute Gasteiger partial charge is 0.126 e. The molecule has 5 unspecified atom stereocenters. The molecular formula is C92H100ClFO20. The first-order valence-electron chi connectivity index (χ1n) is 39.2. The molecule has 9 aromatic rings. The fraction of sp³-hybridized carbons (Fsp3) is 0.413. The second-order valence-electron chi connectivity index (χ2n) is 32.2. The van der Waals surface area contributed by atoms with Crippen molar-refractivity contribution < 1.29 is 102 Å². The van der Waals surface area contributed by atoms with E-state index >= 15 is 4.39 Å². The highest BCUT2D eigenvalue weighted by Gasteiger charge is 2.48. The molecule has 0 radical (unpaired) electrons. The highest BCUT2D eigenvalue weighted by Crippen LogP contribution is 2.49. The lowest BCUT2D eigenvalue weighted by atomic mass is 9.89. The summed E-state index contributed by atoms with van der Waals surface area (Å²) in [6, 6.07) is 60.6. The first kappa shape index (κ1) is 80.9. The van der Waals surface area contributed by atoms with Gasteiger partial charge in [-0.15, -0.1) is 0 Å². The van der Waals surface area contributed by atoms with Crippen LogP contribution in [0.3, 0.4) is 0 Å². The van der Waals surface area contributed by atoms with Crippen molar-refractivity contribution in [3.63, 3.8) is 0 Å². The van der Waals surface area contributed by atoms with Gasteiger partial charge in [-0.25, -0.2) is 4.39 Å². The second-order valence-corrected chi connectivity index (χ2v) is 32.6. The highest BCUT2D eigenvalue weighted by molar-refractivity contribution is 6.31. The minimum absolute atomic E-state index is 0.0692. The number of aliphatic hydroxyl groups is 9. The van der Waals surface area contributed by atoms with Crippen LogP contribution in [0.4, 0.5) is 4.39 Å². The fourth-order valence-electron chi connectivity index (χ4n) is 16.9. The first-order chi connectivity index (χ1) is 54.8. The lowest BCUT2D eigenvalue weighted by Gasteiger charge is -2.41. The van der Waals surface area contributed by atoms with E-state index in [0.717, 1.165) is 66.8 Å². The standard InChI is InChI=1S/C92H100ClFO20/c1-51-15-22-55(89-86(103)84(101)82(99)79(111-89)47-104-50-92(6)71-14-10-8-12-67(71)75(114-92)35-36-105-61-25-16-53(17-26-61)38-59-41-56(23-33-72(59)93)88-85(102)83(100)81(98)76(45-95)110-88)40-58(51)37-52-18-27-63(28-19-52)108-49-78-68-43-64(31-32-70(68)91(4,5)113-78)106-46-65-44-74(96)80(97)87(109-65)57-24-34-73(94)60(42-57)39-54-20-29-62(30-21-54)107-48-77-66-11-7-9-13-69(66)90(2,3)112-77/h7-34,40-43,65,74-89,95-103H,35-39,44-50H2,1-6H3/t65-,74-,75?,76+,77?,78?,79+,80+,81?,82+,83-,84-,85+,86+,87-,88-,89-,92?/m0/s1. The summed E-state index contributed by atoms with van der Waals surface area (Å²) in [5, 5.41) is 98.3. The van der Waals surface area contributed by atoms with Crippen LogP contribution in [0.15, 0.2) is 194 Å². The van der Waals surface area contributed by atoms with Crippen LogP contribution in [0.5, 0.6) is 23.0 Å². The topological polar surface area (TPSA) is 284 Å². The molecule has 0 aromatic heterocycles. The Hall–Kier alpha value is -8.24. The molecule has 9 aromatic carbocycles. The van der Waals surface area contributed by atoms with E-state index in [1.54, 1.807) is 30.3 Å². The van der Waals surface area contributed by atoms with E-state index in [-0.39, 0.29) is 51.5 Å². The van der Waals surface area contributed by atoms with E-state index in [2.05, 4.69) is 26.0 Å². The van der Waals surface area contributed by atoms with Crippen LogP contribution >= 0.6 is 11.6 Å². The molecule has 0 amide bonds. The molecule has 0 aliphatic carbocycles. The van der Waals surface area contributed by atoms with E-state index < -0.39 is 121 Å². The number of rotatable bonds is 27. The van der Waals surface area contributed by atoms with E-state index in [1.165, 1.54) is 6.07 Å². The van der Waals surface area contributed by atoms with Crippen LogP contribution < -0.4 is 18.9 Å². The predicted molar refractivity (Wildman–Crippen MR) is 421 cm³/mol. The Morgan fingerprint density at radius 2 is 0.912 bits per heavy atom. The quantitative estimate of drug-likeness (QED) is 0.0231. The third-order valence-corrected chi connectivity index (χ3v) is 23.6. The maximum absolute atomic E-state index is 15.5. The van der Waals surface area contributed by atoms with Gasteiger partial charge in [0.1, 0.15) is 140 Å². The molecule has 0 bridgehead atoms. The first-order valence-corrected chi connectivity index (χ1v) is 39.5. The average Bonchev–Trinajstić information content (AvgIpc) is 1.59. The average molecular weight is 1580 g/mol. The number of fused-ring (bicyclic) bond motifs is 3. The van der Waals surface area contributed by atoms with Gasteiger partial charge in [0.15, 0.2) is 0 Å². The molecule has 3 saturated heterocycles. The molecule has 22 heteroatoms. The molecule has 3 fully saturated rings. The maximum Gasteiger partial charge on any atom is 0.126 e. The summed E-state index contributed by atoms with van der Waals surface area (Å²) in [6.45, 7) is 12.5. The Bertz CT molecular complexity index is 4810. The number of hydrogen-bond acceptors (Lipinski definition) is 20. The summed E-state index contributed by atoms with van der Waals surface area (Å²) in [5.41, 5.74) is 11.8. The zero-order chi connectivity index (χ0) is 79.9. The number of aliphatic hydroxyl groups excluding tert-OH is 9. The van der Waals surface area contributed by atoms with Crippen molar-refractivity contribution in [2.75, 3.05) is 46.2 Å². The number of aryl methyl sites for hydroxylation is 1. The lowest BCUT2D eigenvalue weighted by molar-refractivity contribution is -0.239. The summed E-state index contributed by atoms with van der Waals surface area (Å²) >= 11 is 6.63. The maximum atomic E-state index is 15.5. The molecule has 602 valence electrons. The summed E-state index contributed by atoms with van der Waals surface area (Å²) in [6.07, 6.45) is -15.8. The van der Waals surface area contributed by atoms with Crippen molar-refractivity contribution in [1.29, 1.82) is 0 Å². The van der Waals surface area contributed by atoms with Gasteiger partial charge in [-0.05, 0) is 210 Å². The zero-order valence-electron chi connectivity index (χ0n) is 64.5. The van der Waals surface area contributed by atoms with Crippen molar-refractivity contribution in [2.45, 2.75) is 194 Å². The molecule has 6 aliphatic heterocycles. The van der Waals surface area contributed by atoms with Crippen molar-refractivity contribution >= 4 is 11.6 Å².